The van der Waals surface area contributed by atoms with Crippen LogP contribution in [0.4, 0.5) is 0 Å². The highest BCUT2D eigenvalue weighted by Gasteiger charge is 2.32. The summed E-state index contributed by atoms with van der Waals surface area (Å²) in [5.41, 5.74) is 0.648. The SMILES string of the molecule is CC(CC(=O)OCOP(=O)(O)O)c1cc2ccc(CCCC(=O)ON3C(=O)CCC3=O)cc2oc1=O. The molecule has 1 fully saturated rings. The van der Waals surface area contributed by atoms with Crippen LogP contribution in [0.25, 0.3) is 11.0 Å². The van der Waals surface area contributed by atoms with E-state index in [1.807, 2.05) is 0 Å². The van der Waals surface area contributed by atoms with Crippen LogP contribution in [0, 0.1) is 0 Å². The molecule has 36 heavy (non-hydrogen) atoms. The highest BCUT2D eigenvalue weighted by Crippen LogP contribution is 2.35. The number of amides is 2. The molecule has 0 aliphatic carbocycles. The average molecular weight is 525 g/mol. The number of fused-ring (bicyclic) bond motifs is 1. The summed E-state index contributed by atoms with van der Waals surface area (Å²) in [5.74, 6) is -3.21. The normalized spacial score (nSPS) is 14.8. The van der Waals surface area contributed by atoms with Gasteiger partial charge in [0, 0.05) is 30.2 Å². The van der Waals surface area contributed by atoms with Gasteiger partial charge < -0.3 is 23.8 Å². The van der Waals surface area contributed by atoms with Gasteiger partial charge >= 0.3 is 25.4 Å². The topological polar surface area (TPSA) is 187 Å². The second-order valence-corrected chi connectivity index (χ2v) is 9.36. The Morgan fingerprint density at radius 1 is 1.11 bits per heavy atom. The molecule has 0 radical (unpaired) electrons. The molecule has 194 valence electrons. The van der Waals surface area contributed by atoms with E-state index in [2.05, 4.69) is 9.26 Å². The largest absolute Gasteiger partial charge is 0.472 e. The highest BCUT2D eigenvalue weighted by atomic mass is 31.2. The van der Waals surface area contributed by atoms with Gasteiger partial charge in [0.15, 0.2) is 0 Å². The predicted octanol–water partition coefficient (Wildman–Crippen LogP) is 1.83. The van der Waals surface area contributed by atoms with Crippen molar-refractivity contribution in [2.75, 3.05) is 6.79 Å². The maximum Gasteiger partial charge on any atom is 0.472 e. The van der Waals surface area contributed by atoms with Gasteiger partial charge in [0.05, 0.1) is 6.42 Å². The van der Waals surface area contributed by atoms with Crippen molar-refractivity contribution in [3.63, 3.8) is 0 Å². The van der Waals surface area contributed by atoms with E-state index in [1.54, 1.807) is 31.2 Å². The summed E-state index contributed by atoms with van der Waals surface area (Å²) in [6.07, 6.45) is 0.583. The molecule has 13 nitrogen and oxygen atoms in total. The van der Waals surface area contributed by atoms with E-state index in [-0.39, 0.29) is 31.2 Å². The van der Waals surface area contributed by atoms with Gasteiger partial charge in [-0.3, -0.25) is 14.4 Å². The zero-order chi connectivity index (χ0) is 26.5. The number of phosphoric ester groups is 1. The van der Waals surface area contributed by atoms with Gasteiger partial charge in [0.1, 0.15) is 5.58 Å². The number of carbonyl (C=O) groups excluding carboxylic acids is 4. The van der Waals surface area contributed by atoms with Crippen LogP contribution in [-0.4, -0.2) is 45.4 Å². The molecule has 1 aromatic heterocycles. The third-order valence-electron chi connectivity index (χ3n) is 5.32. The Bertz CT molecular complexity index is 1260. The van der Waals surface area contributed by atoms with Crippen molar-refractivity contribution < 1.29 is 52.0 Å². The minimum absolute atomic E-state index is 0.0212. The van der Waals surface area contributed by atoms with Gasteiger partial charge in [-0.15, -0.1) is 5.06 Å². The minimum Gasteiger partial charge on any atom is -0.438 e. The van der Waals surface area contributed by atoms with Crippen LogP contribution in [0.5, 0.6) is 0 Å². The van der Waals surface area contributed by atoms with Gasteiger partial charge in [-0.25, -0.2) is 18.7 Å². The van der Waals surface area contributed by atoms with Crippen LogP contribution in [-0.2, 0) is 44.3 Å². The molecule has 1 aromatic carbocycles. The number of imide groups is 1. The quantitative estimate of drug-likeness (QED) is 0.143. The summed E-state index contributed by atoms with van der Waals surface area (Å²) in [6.45, 7) is 0.678. The number of hydroxylamine groups is 2. The Labute approximate surface area is 204 Å². The fourth-order valence-corrected chi connectivity index (χ4v) is 3.68. The molecule has 1 aliphatic heterocycles. The van der Waals surface area contributed by atoms with E-state index in [1.165, 1.54) is 0 Å². The fourth-order valence-electron chi connectivity index (χ4n) is 3.49. The lowest BCUT2D eigenvalue weighted by atomic mass is 9.98. The smallest absolute Gasteiger partial charge is 0.438 e. The van der Waals surface area contributed by atoms with E-state index in [4.69, 9.17) is 19.0 Å². The lowest BCUT2D eigenvalue weighted by Gasteiger charge is -2.12. The molecule has 1 unspecified atom stereocenters. The van der Waals surface area contributed by atoms with Gasteiger partial charge in [-0.05, 0) is 36.5 Å². The summed E-state index contributed by atoms with van der Waals surface area (Å²) < 4.78 is 24.6. The van der Waals surface area contributed by atoms with Crippen molar-refractivity contribution >= 4 is 42.5 Å². The van der Waals surface area contributed by atoms with E-state index in [9.17, 15) is 28.5 Å². The van der Waals surface area contributed by atoms with Crippen molar-refractivity contribution in [2.24, 2.45) is 0 Å². The molecule has 2 heterocycles. The van der Waals surface area contributed by atoms with E-state index >= 15 is 0 Å². The zero-order valence-electron chi connectivity index (χ0n) is 19.2. The molecule has 2 aromatic rings. The lowest BCUT2D eigenvalue weighted by molar-refractivity contribution is -0.197. The van der Waals surface area contributed by atoms with Crippen LogP contribution in [0.3, 0.4) is 0 Å². The summed E-state index contributed by atoms with van der Waals surface area (Å²) in [5, 5.41) is 1.10. The first-order valence-electron chi connectivity index (χ1n) is 10.9. The second kappa shape index (κ2) is 11.6. The first-order chi connectivity index (χ1) is 16.9. The molecular formula is C22H24NO12P. The third-order valence-corrected chi connectivity index (χ3v) is 5.76. The average Bonchev–Trinajstić information content (AvgIpc) is 3.09. The number of esters is 1. The van der Waals surface area contributed by atoms with E-state index in [0.29, 0.717) is 28.9 Å². The summed E-state index contributed by atoms with van der Waals surface area (Å²) >= 11 is 0. The first-order valence-corrected chi connectivity index (χ1v) is 12.4. The summed E-state index contributed by atoms with van der Waals surface area (Å²) in [4.78, 5) is 81.2. The van der Waals surface area contributed by atoms with Gasteiger partial charge in [-0.1, -0.05) is 19.1 Å². The van der Waals surface area contributed by atoms with Crippen molar-refractivity contribution in [1.82, 2.24) is 5.06 Å². The maximum atomic E-state index is 12.5. The number of hydrogen-bond donors (Lipinski definition) is 2. The van der Waals surface area contributed by atoms with Crippen molar-refractivity contribution in [1.29, 1.82) is 0 Å². The fraction of sp³-hybridized carbons (Fsp3) is 0.409. The number of ether oxygens (including phenoxy) is 1. The van der Waals surface area contributed by atoms with Crippen molar-refractivity contribution in [3.05, 3.63) is 45.8 Å². The number of aryl methyl sites for hydroxylation is 1. The second-order valence-electron chi connectivity index (χ2n) is 8.12. The molecule has 1 atom stereocenters. The van der Waals surface area contributed by atoms with Crippen LogP contribution in [0.15, 0.2) is 33.5 Å². The van der Waals surface area contributed by atoms with E-state index in [0.717, 1.165) is 5.56 Å². The molecule has 1 aliphatic rings. The lowest BCUT2D eigenvalue weighted by Crippen LogP contribution is -2.31. The Hall–Kier alpha value is -3.38. The number of carbonyl (C=O) groups is 4. The first kappa shape index (κ1) is 27.2. The highest BCUT2D eigenvalue weighted by molar-refractivity contribution is 7.46. The maximum absolute atomic E-state index is 12.5. The van der Waals surface area contributed by atoms with Crippen LogP contribution in [0.1, 0.15) is 56.1 Å². The van der Waals surface area contributed by atoms with Gasteiger partial charge in [-0.2, -0.15) is 0 Å². The summed E-state index contributed by atoms with van der Waals surface area (Å²) in [6, 6.07) is 6.73. The zero-order valence-corrected chi connectivity index (χ0v) is 20.1. The molecule has 3 rings (SSSR count). The standard InChI is InChI=1S/C22H24NO12P/c1-13(9-21(27)32-12-33-36(29,30)31)16-11-15-6-5-14(10-17(15)34-22(16)28)3-2-4-20(26)35-23-18(24)7-8-19(23)25/h5-6,10-11,13H,2-4,7-9,12H2,1H3,(H2,29,30,31). The van der Waals surface area contributed by atoms with Crippen LogP contribution >= 0.6 is 7.82 Å². The van der Waals surface area contributed by atoms with Crippen LogP contribution < -0.4 is 5.63 Å². The number of benzene rings is 1. The molecule has 0 bridgehead atoms. The third kappa shape index (κ3) is 7.56. The van der Waals surface area contributed by atoms with Crippen LogP contribution in [0.2, 0.25) is 0 Å². The Kier molecular flexibility index (Phi) is 8.75. The molecule has 2 N–H and O–H groups in total. The van der Waals surface area contributed by atoms with Gasteiger partial charge in [0.2, 0.25) is 6.79 Å². The van der Waals surface area contributed by atoms with Gasteiger partial charge in [0.25, 0.3) is 11.8 Å². The van der Waals surface area contributed by atoms with Crippen molar-refractivity contribution in [3.8, 4) is 0 Å². The van der Waals surface area contributed by atoms with Crippen molar-refractivity contribution in [2.45, 2.75) is 51.4 Å². The predicted molar refractivity (Wildman–Crippen MR) is 120 cm³/mol. The number of phosphoric acid groups is 1. The number of hydrogen-bond acceptors (Lipinski definition) is 10. The Balaban J connectivity index is 1.55. The monoisotopic (exact) mass is 525 g/mol. The minimum atomic E-state index is -4.77. The number of nitrogens with zero attached hydrogens (tertiary/aromatic N) is 1. The molecule has 0 saturated carbocycles. The summed E-state index contributed by atoms with van der Waals surface area (Å²) in [7, 11) is -4.77. The molecule has 14 heteroatoms. The molecule has 1 saturated heterocycles. The van der Waals surface area contributed by atoms with E-state index < -0.39 is 49.9 Å². The molecule has 0 spiro atoms. The Morgan fingerprint density at radius 2 is 1.81 bits per heavy atom. The number of rotatable bonds is 11. The Morgan fingerprint density at radius 3 is 2.47 bits per heavy atom. The molecule has 2 amide bonds. The molecular weight excluding hydrogens is 501 g/mol.